The van der Waals surface area contributed by atoms with Crippen LogP contribution < -0.4 is 0 Å². The summed E-state index contributed by atoms with van der Waals surface area (Å²) in [5, 5.41) is 18.4. The molecule has 0 saturated heterocycles. The van der Waals surface area contributed by atoms with Gasteiger partial charge in [-0.05, 0) is 19.3 Å². The van der Waals surface area contributed by atoms with Crippen LogP contribution >= 0.6 is 0 Å². The summed E-state index contributed by atoms with van der Waals surface area (Å²) in [5.41, 5.74) is -0.730. The maximum Gasteiger partial charge on any atom is 0.332 e. The Morgan fingerprint density at radius 3 is 1.46 bits per heavy atom. The van der Waals surface area contributed by atoms with E-state index >= 15 is 0 Å². The van der Waals surface area contributed by atoms with E-state index in [-0.39, 0.29) is 12.0 Å². The fraction of sp³-hybridized carbons (Fsp3) is 0.778. The molecule has 0 amide bonds. The van der Waals surface area contributed by atoms with Gasteiger partial charge in [0.05, 0.1) is 5.75 Å². The van der Waals surface area contributed by atoms with Gasteiger partial charge < -0.3 is 10.2 Å². The third-order valence-corrected chi connectivity index (χ3v) is 4.99. The Balaban J connectivity index is 4.35. The molecule has 152 valence electrons. The quantitative estimate of drug-likeness (QED) is 0.205. The van der Waals surface area contributed by atoms with Crippen LogP contribution in [-0.2, 0) is 19.7 Å². The maximum atomic E-state index is 11.3. The summed E-state index contributed by atoms with van der Waals surface area (Å²) in [6.45, 7) is 2.18. The lowest BCUT2D eigenvalue weighted by atomic mass is 9.99. The number of aliphatic carboxylic acids is 2. The van der Waals surface area contributed by atoms with Crippen molar-refractivity contribution in [3.05, 3.63) is 11.1 Å². The second-order valence-electron chi connectivity index (χ2n) is 6.54. The topological polar surface area (TPSA) is 129 Å². The second-order valence-corrected chi connectivity index (χ2v) is 8.11. The van der Waals surface area contributed by atoms with Crippen molar-refractivity contribution in [1.29, 1.82) is 0 Å². The van der Waals surface area contributed by atoms with Crippen LogP contribution in [0.25, 0.3) is 0 Å². The molecule has 0 unspecified atom stereocenters. The molecule has 7 nitrogen and oxygen atoms in total. The second kappa shape index (κ2) is 13.7. The summed E-state index contributed by atoms with van der Waals surface area (Å²) in [5.74, 6) is -3.62. The minimum atomic E-state index is -4.35. The molecule has 0 aromatic heterocycles. The van der Waals surface area contributed by atoms with Crippen molar-refractivity contribution in [3.8, 4) is 0 Å². The van der Waals surface area contributed by atoms with Crippen molar-refractivity contribution in [2.75, 3.05) is 5.75 Å². The number of carboxylic acid groups (broad SMARTS) is 2. The monoisotopic (exact) mass is 392 g/mol. The van der Waals surface area contributed by atoms with Crippen LogP contribution in [0.5, 0.6) is 0 Å². The molecule has 0 aliphatic carbocycles. The van der Waals surface area contributed by atoms with Crippen molar-refractivity contribution >= 4 is 22.1 Å². The van der Waals surface area contributed by atoms with Crippen LogP contribution in [0.2, 0.25) is 0 Å². The van der Waals surface area contributed by atoms with E-state index in [4.69, 9.17) is 9.66 Å². The molecule has 0 atom stereocenters. The number of unbranched alkanes of at least 4 members (excludes halogenated alkanes) is 9. The van der Waals surface area contributed by atoms with Gasteiger partial charge in [-0.1, -0.05) is 64.7 Å². The number of hydrogen-bond donors (Lipinski definition) is 3. The van der Waals surface area contributed by atoms with Crippen LogP contribution in [0.3, 0.4) is 0 Å². The predicted octanol–water partition coefficient (Wildman–Crippen LogP) is 4.04. The first-order valence-corrected chi connectivity index (χ1v) is 10.9. The van der Waals surface area contributed by atoms with Crippen LogP contribution in [-0.4, -0.2) is 40.9 Å². The Morgan fingerprint density at radius 2 is 1.08 bits per heavy atom. The normalized spacial score (nSPS) is 12.7. The van der Waals surface area contributed by atoms with Gasteiger partial charge in [0.2, 0.25) is 0 Å². The van der Waals surface area contributed by atoms with Crippen LogP contribution in [0, 0.1) is 0 Å². The largest absolute Gasteiger partial charge is 0.478 e. The van der Waals surface area contributed by atoms with E-state index in [9.17, 15) is 23.1 Å². The molecule has 0 aliphatic heterocycles. The van der Waals surface area contributed by atoms with Gasteiger partial charge in [0, 0.05) is 11.1 Å². The molecule has 0 saturated carbocycles. The molecule has 0 fully saturated rings. The highest BCUT2D eigenvalue weighted by molar-refractivity contribution is 7.85. The first-order chi connectivity index (χ1) is 12.2. The lowest BCUT2D eigenvalue weighted by Crippen LogP contribution is -2.15. The van der Waals surface area contributed by atoms with Crippen molar-refractivity contribution in [2.45, 2.75) is 84.0 Å². The summed E-state index contributed by atoms with van der Waals surface area (Å²) in [6, 6.07) is 0. The summed E-state index contributed by atoms with van der Waals surface area (Å²) < 4.78 is 30.3. The van der Waals surface area contributed by atoms with Gasteiger partial charge in [-0.3, -0.25) is 4.55 Å². The average Bonchev–Trinajstić information content (AvgIpc) is 2.53. The molecule has 0 aromatic carbocycles. The molecule has 8 heteroatoms. The van der Waals surface area contributed by atoms with Gasteiger partial charge in [-0.15, -0.1) is 0 Å². The molecule has 0 bridgehead atoms. The van der Waals surface area contributed by atoms with Gasteiger partial charge in [-0.2, -0.15) is 8.42 Å². The van der Waals surface area contributed by atoms with Crippen LogP contribution in [0.1, 0.15) is 84.0 Å². The molecule has 0 aromatic rings. The molecule has 0 aliphatic rings. The molecule has 0 radical (unpaired) electrons. The Morgan fingerprint density at radius 1 is 0.692 bits per heavy atom. The molecule has 3 N–H and O–H groups in total. The zero-order chi connectivity index (χ0) is 20.0. The number of hydrogen-bond acceptors (Lipinski definition) is 4. The third kappa shape index (κ3) is 12.9. The SMILES string of the molecule is CCCCCCCCCCCC/C(C(=O)O)=C(\CCS(=O)(=O)O)C(=O)O. The standard InChI is InChI=1S/C18H32O7S/c1-2-3-4-5-6-7-8-9-10-11-12-15(17(19)20)16(18(21)22)13-14-26(23,24)25/h2-14H2,1H3,(H,19,20)(H,21,22)(H,23,24,25)/b16-15-. The number of carbonyl (C=O) groups is 2. The fourth-order valence-electron chi connectivity index (χ4n) is 2.79. The predicted molar refractivity (Wildman–Crippen MR) is 99.8 cm³/mol. The van der Waals surface area contributed by atoms with Gasteiger partial charge >= 0.3 is 11.9 Å². The third-order valence-electron chi connectivity index (χ3n) is 4.27. The molecular weight excluding hydrogens is 360 g/mol. The van der Waals surface area contributed by atoms with E-state index in [0.717, 1.165) is 25.7 Å². The van der Waals surface area contributed by atoms with Crippen LogP contribution in [0.15, 0.2) is 11.1 Å². The summed E-state index contributed by atoms with van der Waals surface area (Å²) in [7, 11) is -4.35. The molecule has 0 spiro atoms. The van der Waals surface area contributed by atoms with Gasteiger partial charge in [0.15, 0.2) is 0 Å². The molecule has 0 rings (SSSR count). The zero-order valence-electron chi connectivity index (χ0n) is 15.6. The highest BCUT2D eigenvalue weighted by atomic mass is 32.2. The number of rotatable bonds is 16. The highest BCUT2D eigenvalue weighted by Crippen LogP contribution is 2.19. The van der Waals surface area contributed by atoms with E-state index in [1.54, 1.807) is 0 Å². The zero-order valence-corrected chi connectivity index (χ0v) is 16.4. The number of carboxylic acids is 2. The van der Waals surface area contributed by atoms with Crippen molar-refractivity contribution in [1.82, 2.24) is 0 Å². The lowest BCUT2D eigenvalue weighted by molar-refractivity contribution is -0.136. The molecular formula is C18H32O7S. The van der Waals surface area contributed by atoms with Gasteiger partial charge in [-0.25, -0.2) is 9.59 Å². The molecule has 0 heterocycles. The van der Waals surface area contributed by atoms with E-state index < -0.39 is 39.8 Å². The Hall–Kier alpha value is -1.41. The first kappa shape index (κ1) is 24.6. The van der Waals surface area contributed by atoms with E-state index in [1.165, 1.54) is 32.1 Å². The van der Waals surface area contributed by atoms with Crippen LogP contribution in [0.4, 0.5) is 0 Å². The lowest BCUT2D eigenvalue weighted by Gasteiger charge is -2.09. The smallest absolute Gasteiger partial charge is 0.332 e. The minimum Gasteiger partial charge on any atom is -0.478 e. The van der Waals surface area contributed by atoms with E-state index in [2.05, 4.69) is 6.92 Å². The van der Waals surface area contributed by atoms with E-state index in [1.807, 2.05) is 0 Å². The average molecular weight is 393 g/mol. The Kier molecular flexibility index (Phi) is 13.0. The Bertz CT molecular complexity index is 564. The van der Waals surface area contributed by atoms with E-state index in [0.29, 0.717) is 6.42 Å². The highest BCUT2D eigenvalue weighted by Gasteiger charge is 2.21. The summed E-state index contributed by atoms with van der Waals surface area (Å²) in [6.07, 6.45) is 10.3. The minimum absolute atomic E-state index is 0.0823. The van der Waals surface area contributed by atoms with Gasteiger partial charge in [0.25, 0.3) is 10.1 Å². The summed E-state index contributed by atoms with van der Waals surface area (Å²) in [4.78, 5) is 22.6. The first-order valence-electron chi connectivity index (χ1n) is 9.32. The van der Waals surface area contributed by atoms with Crippen molar-refractivity contribution in [3.63, 3.8) is 0 Å². The maximum absolute atomic E-state index is 11.3. The fourth-order valence-corrected chi connectivity index (χ4v) is 3.26. The molecule has 26 heavy (non-hydrogen) atoms. The van der Waals surface area contributed by atoms with Gasteiger partial charge in [0.1, 0.15) is 0 Å². The van der Waals surface area contributed by atoms with Crippen molar-refractivity contribution in [2.24, 2.45) is 0 Å². The van der Waals surface area contributed by atoms with Crippen molar-refractivity contribution < 1.29 is 32.8 Å². The summed E-state index contributed by atoms with van der Waals surface area (Å²) >= 11 is 0. The Labute approximate surface area is 156 Å².